The van der Waals surface area contributed by atoms with Crippen LogP contribution in [0.4, 0.5) is 5.82 Å². The van der Waals surface area contributed by atoms with Gasteiger partial charge in [-0.3, -0.25) is 4.79 Å². The molecule has 0 aliphatic heterocycles. The summed E-state index contributed by atoms with van der Waals surface area (Å²) >= 11 is 0. The summed E-state index contributed by atoms with van der Waals surface area (Å²) in [7, 11) is 0. The van der Waals surface area contributed by atoms with Crippen LogP contribution < -0.4 is 10.1 Å². The van der Waals surface area contributed by atoms with Gasteiger partial charge in [0.1, 0.15) is 5.82 Å². The van der Waals surface area contributed by atoms with E-state index in [-0.39, 0.29) is 11.8 Å². The second-order valence-corrected chi connectivity index (χ2v) is 4.10. The third-order valence-electron chi connectivity index (χ3n) is 2.71. The minimum absolute atomic E-state index is 0.0636. The highest BCUT2D eigenvalue weighted by Crippen LogP contribution is 2.38. The van der Waals surface area contributed by atoms with E-state index < -0.39 is 0 Å². The molecule has 86 valence electrons. The molecule has 1 amide bonds. The van der Waals surface area contributed by atoms with Gasteiger partial charge in [-0.1, -0.05) is 13.0 Å². The molecule has 4 nitrogen and oxygen atoms in total. The summed E-state index contributed by atoms with van der Waals surface area (Å²) in [5.41, 5.74) is 0. The van der Waals surface area contributed by atoms with Gasteiger partial charge in [0.15, 0.2) is 0 Å². The van der Waals surface area contributed by atoms with Crippen LogP contribution in [0.25, 0.3) is 0 Å². The molecule has 2 unspecified atom stereocenters. The van der Waals surface area contributed by atoms with E-state index >= 15 is 0 Å². The van der Waals surface area contributed by atoms with Crippen LogP contribution >= 0.6 is 0 Å². The van der Waals surface area contributed by atoms with Crippen LogP contribution in [-0.4, -0.2) is 17.5 Å². The first kappa shape index (κ1) is 10.9. The van der Waals surface area contributed by atoms with Crippen molar-refractivity contribution in [3.8, 4) is 5.88 Å². The van der Waals surface area contributed by atoms with Crippen molar-refractivity contribution in [3.05, 3.63) is 18.2 Å². The van der Waals surface area contributed by atoms with Crippen molar-refractivity contribution in [1.29, 1.82) is 0 Å². The van der Waals surface area contributed by atoms with Gasteiger partial charge in [-0.2, -0.15) is 4.98 Å². The molecule has 1 aliphatic carbocycles. The smallest absolute Gasteiger partial charge is 0.228 e. The van der Waals surface area contributed by atoms with Crippen molar-refractivity contribution < 1.29 is 9.53 Å². The SMILES string of the molecule is CCOc1cccc(NC(=O)C2CC2C)n1. The van der Waals surface area contributed by atoms with Gasteiger partial charge >= 0.3 is 0 Å². The summed E-state index contributed by atoms with van der Waals surface area (Å²) in [6, 6.07) is 5.37. The average Bonchev–Trinajstić information content (AvgIpc) is 2.97. The van der Waals surface area contributed by atoms with Crippen LogP contribution in [-0.2, 0) is 4.79 Å². The van der Waals surface area contributed by atoms with Crippen LogP contribution in [0.3, 0.4) is 0 Å². The Bertz CT molecular complexity index is 392. The van der Waals surface area contributed by atoms with Crippen molar-refractivity contribution in [2.75, 3.05) is 11.9 Å². The van der Waals surface area contributed by atoms with Crippen molar-refractivity contribution in [1.82, 2.24) is 4.98 Å². The predicted octanol–water partition coefficient (Wildman–Crippen LogP) is 2.07. The fourth-order valence-electron chi connectivity index (χ4n) is 1.62. The van der Waals surface area contributed by atoms with E-state index in [2.05, 4.69) is 17.2 Å². The van der Waals surface area contributed by atoms with Crippen molar-refractivity contribution in [3.63, 3.8) is 0 Å². The predicted molar refractivity (Wildman–Crippen MR) is 61.3 cm³/mol. The Balaban J connectivity index is 1.98. The molecule has 1 heterocycles. The molecule has 0 radical (unpaired) electrons. The van der Waals surface area contributed by atoms with Gasteiger partial charge in [0, 0.05) is 12.0 Å². The normalized spacial score (nSPS) is 22.6. The first-order valence-electron chi connectivity index (χ1n) is 5.61. The molecular formula is C12H16N2O2. The Morgan fingerprint density at radius 3 is 3.00 bits per heavy atom. The number of nitrogens with one attached hydrogen (secondary N) is 1. The molecule has 1 aromatic rings. The lowest BCUT2D eigenvalue weighted by atomic mass is 10.3. The average molecular weight is 220 g/mol. The Morgan fingerprint density at radius 2 is 2.38 bits per heavy atom. The standard InChI is InChI=1S/C12H16N2O2/c1-3-16-11-6-4-5-10(13-11)14-12(15)9-7-8(9)2/h4-6,8-9H,3,7H2,1-2H3,(H,13,14,15). The first-order chi connectivity index (χ1) is 7.70. The largest absolute Gasteiger partial charge is 0.478 e. The molecule has 1 saturated carbocycles. The van der Waals surface area contributed by atoms with Crippen molar-refractivity contribution in [2.45, 2.75) is 20.3 Å². The topological polar surface area (TPSA) is 51.2 Å². The molecule has 0 spiro atoms. The van der Waals surface area contributed by atoms with Crippen LogP contribution in [0.1, 0.15) is 20.3 Å². The number of hydrogen-bond donors (Lipinski definition) is 1. The summed E-state index contributed by atoms with van der Waals surface area (Å²) in [5, 5.41) is 2.80. The summed E-state index contributed by atoms with van der Waals surface area (Å²) in [5.74, 6) is 1.85. The first-order valence-corrected chi connectivity index (χ1v) is 5.61. The molecule has 16 heavy (non-hydrogen) atoms. The minimum atomic E-state index is 0.0636. The molecule has 0 bridgehead atoms. The van der Waals surface area contributed by atoms with Crippen LogP contribution in [0.5, 0.6) is 5.88 Å². The number of aromatic nitrogens is 1. The molecule has 1 N–H and O–H groups in total. The molecule has 1 aromatic heterocycles. The molecule has 2 atom stereocenters. The Morgan fingerprint density at radius 1 is 1.62 bits per heavy atom. The molecule has 0 saturated heterocycles. The van der Waals surface area contributed by atoms with Gasteiger partial charge < -0.3 is 10.1 Å². The highest BCUT2D eigenvalue weighted by atomic mass is 16.5. The lowest BCUT2D eigenvalue weighted by Crippen LogP contribution is -2.15. The van der Waals surface area contributed by atoms with Crippen molar-refractivity contribution >= 4 is 11.7 Å². The zero-order valence-electron chi connectivity index (χ0n) is 9.56. The highest BCUT2D eigenvalue weighted by Gasteiger charge is 2.39. The Kier molecular flexibility index (Phi) is 3.08. The molecule has 1 fully saturated rings. The molecule has 0 aromatic carbocycles. The summed E-state index contributed by atoms with van der Waals surface area (Å²) < 4.78 is 5.26. The maximum absolute atomic E-state index is 11.7. The number of hydrogen-bond acceptors (Lipinski definition) is 3. The fraction of sp³-hybridized carbons (Fsp3) is 0.500. The van der Waals surface area contributed by atoms with E-state index in [0.717, 1.165) is 6.42 Å². The summed E-state index contributed by atoms with van der Waals surface area (Å²) in [4.78, 5) is 15.8. The van der Waals surface area contributed by atoms with Crippen LogP contribution in [0, 0.1) is 11.8 Å². The minimum Gasteiger partial charge on any atom is -0.478 e. The zero-order chi connectivity index (χ0) is 11.5. The van der Waals surface area contributed by atoms with Crippen molar-refractivity contribution in [2.24, 2.45) is 11.8 Å². The fourth-order valence-corrected chi connectivity index (χ4v) is 1.62. The summed E-state index contributed by atoms with van der Waals surface area (Å²) in [6.07, 6.45) is 0.983. The molecule has 2 rings (SSSR count). The number of ether oxygens (including phenoxy) is 1. The number of carbonyl (C=O) groups excluding carboxylic acids is 1. The maximum Gasteiger partial charge on any atom is 0.228 e. The number of amides is 1. The Labute approximate surface area is 95.0 Å². The highest BCUT2D eigenvalue weighted by molar-refractivity contribution is 5.93. The third kappa shape index (κ3) is 2.51. The van der Waals surface area contributed by atoms with E-state index in [1.807, 2.05) is 13.0 Å². The van der Waals surface area contributed by atoms with E-state index in [9.17, 15) is 4.79 Å². The number of rotatable bonds is 4. The zero-order valence-corrected chi connectivity index (χ0v) is 9.56. The van der Waals surface area contributed by atoms with E-state index in [1.165, 1.54) is 0 Å². The molecular weight excluding hydrogens is 204 g/mol. The summed E-state index contributed by atoms with van der Waals surface area (Å²) in [6.45, 7) is 4.55. The molecule has 4 heteroatoms. The van der Waals surface area contributed by atoms with Crippen LogP contribution in [0.15, 0.2) is 18.2 Å². The third-order valence-corrected chi connectivity index (χ3v) is 2.71. The quantitative estimate of drug-likeness (QED) is 0.845. The van der Waals surface area contributed by atoms with Gasteiger partial charge in [0.05, 0.1) is 6.61 Å². The molecule has 1 aliphatic rings. The van der Waals surface area contributed by atoms with E-state index in [4.69, 9.17) is 4.74 Å². The van der Waals surface area contributed by atoms with Gasteiger partial charge in [0.2, 0.25) is 11.8 Å². The van der Waals surface area contributed by atoms with Gasteiger partial charge in [-0.25, -0.2) is 0 Å². The number of anilines is 1. The number of carbonyl (C=O) groups is 1. The number of pyridine rings is 1. The monoisotopic (exact) mass is 220 g/mol. The lowest BCUT2D eigenvalue weighted by molar-refractivity contribution is -0.117. The lowest BCUT2D eigenvalue weighted by Gasteiger charge is -2.06. The second-order valence-electron chi connectivity index (χ2n) is 4.10. The second kappa shape index (κ2) is 4.51. The van der Waals surface area contributed by atoms with Crippen LogP contribution in [0.2, 0.25) is 0 Å². The van der Waals surface area contributed by atoms with Gasteiger partial charge in [-0.15, -0.1) is 0 Å². The van der Waals surface area contributed by atoms with Gasteiger partial charge in [-0.05, 0) is 25.3 Å². The number of nitrogens with zero attached hydrogens (tertiary/aromatic N) is 1. The van der Waals surface area contributed by atoms with E-state index in [0.29, 0.717) is 24.2 Å². The Hall–Kier alpha value is -1.58. The van der Waals surface area contributed by atoms with E-state index in [1.54, 1.807) is 12.1 Å². The maximum atomic E-state index is 11.7. The van der Waals surface area contributed by atoms with Gasteiger partial charge in [0.25, 0.3) is 0 Å².